The summed E-state index contributed by atoms with van der Waals surface area (Å²) in [6.07, 6.45) is 3.37. The van der Waals surface area contributed by atoms with Crippen molar-refractivity contribution >= 4 is 11.8 Å². The first kappa shape index (κ1) is 19.9. The third kappa shape index (κ3) is 5.12. The summed E-state index contributed by atoms with van der Waals surface area (Å²) in [5, 5.41) is 2.86. The first-order chi connectivity index (χ1) is 13.5. The Morgan fingerprint density at radius 2 is 1.61 bits per heavy atom. The van der Waals surface area contributed by atoms with E-state index in [1.807, 2.05) is 61.2 Å². The standard InChI is InChI=1S/C23H28N2O3/c1-17-7-6-8-18(2)22(17)28-16-21(26)24-15-19-9-11-20(12-10-19)23(27)25-13-4-3-5-14-25/h6-12H,3-5,13-16H2,1-2H3,(H,24,26). The molecule has 148 valence electrons. The number of likely N-dealkylation sites (tertiary alicyclic amines) is 1. The van der Waals surface area contributed by atoms with Crippen LogP contribution < -0.4 is 10.1 Å². The van der Waals surface area contributed by atoms with Gasteiger partial charge < -0.3 is 15.0 Å². The number of hydrogen-bond donors (Lipinski definition) is 1. The maximum Gasteiger partial charge on any atom is 0.258 e. The van der Waals surface area contributed by atoms with Crippen LogP contribution in [0.5, 0.6) is 5.75 Å². The first-order valence-corrected chi connectivity index (χ1v) is 9.88. The van der Waals surface area contributed by atoms with E-state index in [1.54, 1.807) is 0 Å². The van der Waals surface area contributed by atoms with Gasteiger partial charge in [-0.25, -0.2) is 0 Å². The maximum atomic E-state index is 12.5. The lowest BCUT2D eigenvalue weighted by Crippen LogP contribution is -2.35. The van der Waals surface area contributed by atoms with Crippen molar-refractivity contribution < 1.29 is 14.3 Å². The molecule has 0 aromatic heterocycles. The molecule has 28 heavy (non-hydrogen) atoms. The number of piperidine rings is 1. The monoisotopic (exact) mass is 380 g/mol. The average Bonchev–Trinajstić information content (AvgIpc) is 2.72. The lowest BCUT2D eigenvalue weighted by molar-refractivity contribution is -0.123. The zero-order valence-electron chi connectivity index (χ0n) is 16.7. The second kappa shape index (κ2) is 9.40. The lowest BCUT2D eigenvalue weighted by atomic mass is 10.1. The Morgan fingerprint density at radius 1 is 0.964 bits per heavy atom. The van der Waals surface area contributed by atoms with Crippen LogP contribution in [0, 0.1) is 13.8 Å². The Hall–Kier alpha value is -2.82. The van der Waals surface area contributed by atoms with Gasteiger partial charge in [-0.15, -0.1) is 0 Å². The highest BCUT2D eigenvalue weighted by Crippen LogP contribution is 2.22. The van der Waals surface area contributed by atoms with Crippen molar-refractivity contribution in [3.8, 4) is 5.75 Å². The van der Waals surface area contributed by atoms with E-state index < -0.39 is 0 Å². The molecule has 5 heteroatoms. The van der Waals surface area contributed by atoms with Crippen LogP contribution in [0.15, 0.2) is 42.5 Å². The van der Waals surface area contributed by atoms with Gasteiger partial charge in [-0.2, -0.15) is 0 Å². The Bertz CT molecular complexity index is 804. The van der Waals surface area contributed by atoms with Crippen LogP contribution in [-0.4, -0.2) is 36.4 Å². The van der Waals surface area contributed by atoms with Crippen molar-refractivity contribution in [1.82, 2.24) is 10.2 Å². The molecule has 0 saturated carbocycles. The van der Waals surface area contributed by atoms with Gasteiger partial charge in [0.05, 0.1) is 0 Å². The predicted octanol–water partition coefficient (Wildman–Crippen LogP) is 3.62. The molecule has 0 radical (unpaired) electrons. The fourth-order valence-corrected chi connectivity index (χ4v) is 3.46. The number of carbonyl (C=O) groups excluding carboxylic acids is 2. The van der Waals surface area contributed by atoms with E-state index in [4.69, 9.17) is 4.74 Å². The van der Waals surface area contributed by atoms with Crippen LogP contribution in [0.1, 0.15) is 46.3 Å². The molecule has 0 atom stereocenters. The van der Waals surface area contributed by atoms with Crippen molar-refractivity contribution in [3.63, 3.8) is 0 Å². The van der Waals surface area contributed by atoms with E-state index in [2.05, 4.69) is 5.32 Å². The van der Waals surface area contributed by atoms with Gasteiger partial charge in [-0.1, -0.05) is 30.3 Å². The normalized spacial score (nSPS) is 13.9. The number of rotatable bonds is 6. The van der Waals surface area contributed by atoms with Crippen molar-refractivity contribution in [2.45, 2.75) is 39.7 Å². The number of ether oxygens (including phenoxy) is 1. The smallest absolute Gasteiger partial charge is 0.258 e. The molecule has 1 aliphatic rings. The van der Waals surface area contributed by atoms with E-state index in [0.29, 0.717) is 12.1 Å². The first-order valence-electron chi connectivity index (χ1n) is 9.88. The molecule has 2 aromatic rings. The quantitative estimate of drug-likeness (QED) is 0.833. The Balaban J connectivity index is 1.48. The lowest BCUT2D eigenvalue weighted by Gasteiger charge is -2.26. The van der Waals surface area contributed by atoms with Crippen LogP contribution in [0.25, 0.3) is 0 Å². The second-order valence-electron chi connectivity index (χ2n) is 7.34. The molecule has 2 aromatic carbocycles. The molecule has 1 heterocycles. The SMILES string of the molecule is Cc1cccc(C)c1OCC(=O)NCc1ccc(C(=O)N2CCCCC2)cc1. The second-order valence-corrected chi connectivity index (χ2v) is 7.34. The summed E-state index contributed by atoms with van der Waals surface area (Å²) in [5.41, 5.74) is 3.69. The summed E-state index contributed by atoms with van der Waals surface area (Å²) in [7, 11) is 0. The van der Waals surface area contributed by atoms with Crippen molar-refractivity contribution in [2.24, 2.45) is 0 Å². The van der Waals surface area contributed by atoms with Gasteiger partial charge in [-0.05, 0) is 61.9 Å². The largest absolute Gasteiger partial charge is 0.483 e. The molecule has 0 spiro atoms. The summed E-state index contributed by atoms with van der Waals surface area (Å²) >= 11 is 0. The van der Waals surface area contributed by atoms with E-state index >= 15 is 0 Å². The molecule has 5 nitrogen and oxygen atoms in total. The molecule has 3 rings (SSSR count). The topological polar surface area (TPSA) is 58.6 Å². The minimum atomic E-state index is -0.170. The van der Waals surface area contributed by atoms with Gasteiger partial charge in [-0.3, -0.25) is 9.59 Å². The van der Waals surface area contributed by atoms with Gasteiger partial charge in [0.15, 0.2) is 6.61 Å². The highest BCUT2D eigenvalue weighted by Gasteiger charge is 2.17. The summed E-state index contributed by atoms with van der Waals surface area (Å²) in [4.78, 5) is 26.5. The molecule has 1 N–H and O–H groups in total. The van der Waals surface area contributed by atoms with Crippen molar-refractivity contribution in [1.29, 1.82) is 0 Å². The van der Waals surface area contributed by atoms with E-state index in [-0.39, 0.29) is 18.4 Å². The maximum absolute atomic E-state index is 12.5. The summed E-state index contributed by atoms with van der Waals surface area (Å²) in [5.74, 6) is 0.687. The third-order valence-electron chi connectivity index (χ3n) is 5.09. The van der Waals surface area contributed by atoms with Gasteiger partial charge in [0.25, 0.3) is 11.8 Å². The van der Waals surface area contributed by atoms with Crippen molar-refractivity contribution in [3.05, 3.63) is 64.7 Å². The fraction of sp³-hybridized carbons (Fsp3) is 0.391. The van der Waals surface area contributed by atoms with Gasteiger partial charge in [0.1, 0.15) is 5.75 Å². The molecule has 0 unspecified atom stereocenters. The number of nitrogens with zero attached hydrogens (tertiary/aromatic N) is 1. The number of carbonyl (C=O) groups is 2. The fourth-order valence-electron chi connectivity index (χ4n) is 3.46. The molecule has 0 bridgehead atoms. The summed E-state index contributed by atoms with van der Waals surface area (Å²) < 4.78 is 5.67. The van der Waals surface area contributed by atoms with Crippen LogP contribution in [0.2, 0.25) is 0 Å². The molecule has 1 fully saturated rings. The predicted molar refractivity (Wildman–Crippen MR) is 109 cm³/mol. The number of nitrogens with one attached hydrogen (secondary N) is 1. The Kier molecular flexibility index (Phi) is 6.69. The zero-order valence-corrected chi connectivity index (χ0v) is 16.7. The van der Waals surface area contributed by atoms with Crippen LogP contribution in [-0.2, 0) is 11.3 Å². The molecule has 1 saturated heterocycles. The van der Waals surface area contributed by atoms with Gasteiger partial charge >= 0.3 is 0 Å². The number of hydrogen-bond acceptors (Lipinski definition) is 3. The molecular weight excluding hydrogens is 352 g/mol. The van der Waals surface area contributed by atoms with E-state index in [9.17, 15) is 9.59 Å². The van der Waals surface area contributed by atoms with Gasteiger partial charge in [0.2, 0.25) is 0 Å². The van der Waals surface area contributed by atoms with Crippen LogP contribution in [0.3, 0.4) is 0 Å². The molecule has 2 amide bonds. The highest BCUT2D eigenvalue weighted by molar-refractivity contribution is 5.94. The third-order valence-corrected chi connectivity index (χ3v) is 5.09. The minimum Gasteiger partial charge on any atom is -0.483 e. The summed E-state index contributed by atoms with van der Waals surface area (Å²) in [6, 6.07) is 13.4. The molecular formula is C23H28N2O3. The Labute approximate surface area is 166 Å². The van der Waals surface area contributed by atoms with Crippen molar-refractivity contribution in [2.75, 3.05) is 19.7 Å². The zero-order chi connectivity index (χ0) is 19.9. The number of benzene rings is 2. The van der Waals surface area contributed by atoms with Gasteiger partial charge in [0, 0.05) is 25.2 Å². The average molecular weight is 380 g/mol. The highest BCUT2D eigenvalue weighted by atomic mass is 16.5. The number of aryl methyl sites for hydroxylation is 2. The van der Waals surface area contributed by atoms with Crippen LogP contribution in [0.4, 0.5) is 0 Å². The molecule has 0 aliphatic carbocycles. The van der Waals surface area contributed by atoms with Crippen LogP contribution >= 0.6 is 0 Å². The number of para-hydroxylation sites is 1. The number of amides is 2. The van der Waals surface area contributed by atoms with E-state index in [1.165, 1.54) is 6.42 Å². The Morgan fingerprint density at radius 3 is 2.25 bits per heavy atom. The minimum absolute atomic E-state index is 0.0166. The van der Waals surface area contributed by atoms with E-state index in [0.717, 1.165) is 48.4 Å². The molecule has 1 aliphatic heterocycles. The summed E-state index contributed by atoms with van der Waals surface area (Å²) in [6.45, 7) is 6.01.